The summed E-state index contributed by atoms with van der Waals surface area (Å²) in [4.78, 5) is 15.0. The number of anilines is 1. The molecule has 1 fully saturated rings. The topological polar surface area (TPSA) is 53.6 Å². The normalized spacial score (nSPS) is 14.6. The van der Waals surface area contributed by atoms with Crippen LogP contribution in [0.3, 0.4) is 0 Å². The highest BCUT2D eigenvalue weighted by molar-refractivity contribution is 5.90. The molecule has 0 spiro atoms. The van der Waals surface area contributed by atoms with E-state index >= 15 is 0 Å². The number of hydrogen-bond donors (Lipinski definition) is 2. The van der Waals surface area contributed by atoms with E-state index in [9.17, 15) is 4.79 Å². The van der Waals surface area contributed by atoms with Gasteiger partial charge in [-0.25, -0.2) is 4.79 Å². The fourth-order valence-electron chi connectivity index (χ4n) is 4.60. The fraction of sp³-hybridized carbons (Fsp3) is 0.452. The molecule has 1 aliphatic heterocycles. The standard InChI is InChI=1S/C31H41N3O2/c1-6-9-30(34-19-16-27(17-20-34)26-14-11-25(7-2)12-15-26)28-13-10-24(5)29(22-28)33-31(35)32-18-8-21-36-23(3)4/h2,9-15,22-23,27H,6,8,16-21H2,1,3-5H3,(H2,32,33,35)/b30-9+. The summed E-state index contributed by atoms with van der Waals surface area (Å²) < 4.78 is 5.54. The Bertz CT molecular complexity index is 1060. The number of likely N-dealkylation sites (tertiary alicyclic amines) is 1. The number of piperidine rings is 1. The number of allylic oxidation sites excluding steroid dienone is 1. The molecule has 0 radical (unpaired) electrons. The fourth-order valence-corrected chi connectivity index (χ4v) is 4.60. The molecule has 2 amide bonds. The molecule has 36 heavy (non-hydrogen) atoms. The van der Waals surface area contributed by atoms with E-state index in [1.54, 1.807) is 0 Å². The highest BCUT2D eigenvalue weighted by Crippen LogP contribution is 2.33. The largest absolute Gasteiger partial charge is 0.379 e. The first-order valence-electron chi connectivity index (χ1n) is 13.2. The van der Waals surface area contributed by atoms with E-state index in [0.29, 0.717) is 19.1 Å². The molecule has 0 saturated carbocycles. The van der Waals surface area contributed by atoms with Gasteiger partial charge in [-0.1, -0.05) is 43.2 Å². The average molecular weight is 488 g/mol. The highest BCUT2D eigenvalue weighted by atomic mass is 16.5. The Kier molecular flexibility index (Phi) is 10.5. The zero-order valence-corrected chi connectivity index (χ0v) is 22.3. The zero-order chi connectivity index (χ0) is 25.9. The molecule has 0 atom stereocenters. The molecule has 2 aromatic rings. The van der Waals surface area contributed by atoms with Crippen LogP contribution in [-0.2, 0) is 4.74 Å². The van der Waals surface area contributed by atoms with Crippen LogP contribution in [0.1, 0.15) is 74.6 Å². The minimum absolute atomic E-state index is 0.183. The molecule has 1 heterocycles. The van der Waals surface area contributed by atoms with Gasteiger partial charge < -0.3 is 20.3 Å². The molecule has 5 nitrogen and oxygen atoms in total. The van der Waals surface area contributed by atoms with Gasteiger partial charge in [0.25, 0.3) is 0 Å². The molecule has 192 valence electrons. The lowest BCUT2D eigenvalue weighted by atomic mass is 9.88. The van der Waals surface area contributed by atoms with Gasteiger partial charge in [0.1, 0.15) is 0 Å². The molecule has 0 aromatic heterocycles. The lowest BCUT2D eigenvalue weighted by Crippen LogP contribution is -2.32. The minimum atomic E-state index is -0.183. The molecular formula is C31H41N3O2. The third-order valence-electron chi connectivity index (χ3n) is 6.62. The first-order chi connectivity index (χ1) is 17.4. The Morgan fingerprint density at radius 1 is 1.19 bits per heavy atom. The van der Waals surface area contributed by atoms with Crippen molar-refractivity contribution in [2.75, 3.05) is 31.6 Å². The van der Waals surface area contributed by atoms with Crippen LogP contribution in [0.5, 0.6) is 0 Å². The van der Waals surface area contributed by atoms with Crippen molar-refractivity contribution >= 4 is 17.4 Å². The summed E-state index contributed by atoms with van der Waals surface area (Å²) in [5.74, 6) is 3.26. The van der Waals surface area contributed by atoms with Crippen LogP contribution in [0.25, 0.3) is 5.70 Å². The molecule has 2 aromatic carbocycles. The Hall–Kier alpha value is -3.23. The van der Waals surface area contributed by atoms with Crippen molar-refractivity contribution in [1.82, 2.24) is 10.2 Å². The third kappa shape index (κ3) is 7.90. The third-order valence-corrected chi connectivity index (χ3v) is 6.62. The summed E-state index contributed by atoms with van der Waals surface area (Å²) in [6.07, 6.45) is 12.0. The van der Waals surface area contributed by atoms with Crippen molar-refractivity contribution in [2.24, 2.45) is 0 Å². The van der Waals surface area contributed by atoms with Gasteiger partial charge in [0.2, 0.25) is 0 Å². The zero-order valence-electron chi connectivity index (χ0n) is 22.3. The summed E-state index contributed by atoms with van der Waals surface area (Å²) in [7, 11) is 0. The molecule has 5 heteroatoms. The maximum atomic E-state index is 12.5. The van der Waals surface area contributed by atoms with Crippen molar-refractivity contribution < 1.29 is 9.53 Å². The van der Waals surface area contributed by atoms with E-state index < -0.39 is 0 Å². The number of nitrogens with one attached hydrogen (secondary N) is 2. The molecule has 0 bridgehead atoms. The second-order valence-electron chi connectivity index (χ2n) is 9.71. The van der Waals surface area contributed by atoms with Crippen LogP contribution < -0.4 is 10.6 Å². The van der Waals surface area contributed by atoms with E-state index in [0.717, 1.165) is 61.2 Å². The predicted octanol–water partition coefficient (Wildman–Crippen LogP) is 6.54. The van der Waals surface area contributed by atoms with Gasteiger partial charge in [0, 0.05) is 43.2 Å². The molecule has 0 unspecified atom stereocenters. The van der Waals surface area contributed by atoms with E-state index in [-0.39, 0.29) is 12.1 Å². The van der Waals surface area contributed by atoms with Gasteiger partial charge >= 0.3 is 6.03 Å². The monoisotopic (exact) mass is 487 g/mol. The van der Waals surface area contributed by atoms with Crippen molar-refractivity contribution in [1.29, 1.82) is 0 Å². The first kappa shape index (κ1) is 27.4. The van der Waals surface area contributed by atoms with Gasteiger partial charge in [0.05, 0.1) is 6.10 Å². The molecule has 3 rings (SSSR count). The number of carbonyl (C=O) groups excluding carboxylic acids is 1. The summed E-state index contributed by atoms with van der Waals surface area (Å²) in [6.45, 7) is 11.5. The van der Waals surface area contributed by atoms with Crippen LogP contribution in [0, 0.1) is 19.3 Å². The van der Waals surface area contributed by atoms with E-state index in [2.05, 4.69) is 64.8 Å². The summed E-state index contributed by atoms with van der Waals surface area (Å²) >= 11 is 0. The van der Waals surface area contributed by atoms with Crippen molar-refractivity contribution in [3.63, 3.8) is 0 Å². The molecule has 0 aliphatic carbocycles. The van der Waals surface area contributed by atoms with E-state index in [1.807, 2.05) is 32.9 Å². The lowest BCUT2D eigenvalue weighted by molar-refractivity contribution is 0.0775. The number of carbonyl (C=O) groups is 1. The summed E-state index contributed by atoms with van der Waals surface area (Å²) in [5.41, 5.74) is 6.57. The van der Waals surface area contributed by atoms with Gasteiger partial charge in [-0.05, 0) is 87.3 Å². The number of rotatable bonds is 10. The number of benzene rings is 2. The van der Waals surface area contributed by atoms with Crippen molar-refractivity contribution in [3.05, 3.63) is 70.8 Å². The van der Waals surface area contributed by atoms with Crippen molar-refractivity contribution in [3.8, 4) is 12.3 Å². The van der Waals surface area contributed by atoms with E-state index in [1.165, 1.54) is 11.3 Å². The maximum Gasteiger partial charge on any atom is 0.319 e. The lowest BCUT2D eigenvalue weighted by Gasteiger charge is -2.36. The van der Waals surface area contributed by atoms with E-state index in [4.69, 9.17) is 11.2 Å². The Morgan fingerprint density at radius 3 is 2.56 bits per heavy atom. The van der Waals surface area contributed by atoms with Crippen LogP contribution >= 0.6 is 0 Å². The smallest absolute Gasteiger partial charge is 0.319 e. The SMILES string of the molecule is C#Cc1ccc(C2CCN(/C(=C/CC)c3ccc(C)c(NC(=O)NCCCOC(C)C)c3)CC2)cc1. The quantitative estimate of drug-likeness (QED) is 0.295. The molecular weight excluding hydrogens is 446 g/mol. The van der Waals surface area contributed by atoms with Crippen LogP contribution in [0.2, 0.25) is 0 Å². The van der Waals surface area contributed by atoms with Gasteiger partial charge in [-0.3, -0.25) is 0 Å². The van der Waals surface area contributed by atoms with Crippen LogP contribution in [0.15, 0.2) is 48.5 Å². The van der Waals surface area contributed by atoms with Crippen LogP contribution in [-0.4, -0.2) is 43.3 Å². The number of aryl methyl sites for hydroxylation is 1. The Balaban J connectivity index is 1.62. The Labute approximate surface area is 217 Å². The first-order valence-corrected chi connectivity index (χ1v) is 13.2. The number of urea groups is 1. The molecule has 2 N–H and O–H groups in total. The van der Waals surface area contributed by atoms with Gasteiger partial charge in [-0.2, -0.15) is 0 Å². The highest BCUT2D eigenvalue weighted by Gasteiger charge is 2.23. The second kappa shape index (κ2) is 13.8. The molecule has 1 aliphatic rings. The van der Waals surface area contributed by atoms with Crippen LogP contribution in [0.4, 0.5) is 10.5 Å². The number of hydrogen-bond acceptors (Lipinski definition) is 3. The summed E-state index contributed by atoms with van der Waals surface area (Å²) in [5, 5.41) is 5.97. The number of ether oxygens (including phenoxy) is 1. The average Bonchev–Trinajstić information content (AvgIpc) is 2.88. The minimum Gasteiger partial charge on any atom is -0.379 e. The maximum absolute atomic E-state index is 12.5. The second-order valence-corrected chi connectivity index (χ2v) is 9.71. The summed E-state index contributed by atoms with van der Waals surface area (Å²) in [6, 6.07) is 14.6. The Morgan fingerprint density at radius 2 is 1.92 bits per heavy atom. The number of terminal acetylenes is 1. The van der Waals surface area contributed by atoms with Crippen molar-refractivity contribution in [2.45, 2.75) is 65.4 Å². The number of amides is 2. The predicted molar refractivity (Wildman–Crippen MR) is 150 cm³/mol. The van der Waals surface area contributed by atoms with Gasteiger partial charge in [-0.15, -0.1) is 6.42 Å². The number of nitrogens with zero attached hydrogens (tertiary/aromatic N) is 1. The molecule has 1 saturated heterocycles. The van der Waals surface area contributed by atoms with Gasteiger partial charge in [0.15, 0.2) is 0 Å².